The molecule has 0 saturated heterocycles. The zero-order valence-corrected chi connectivity index (χ0v) is 24.2. The number of carbonyl (C=O) groups is 2. The average molecular weight is 576 g/mol. The van der Waals surface area contributed by atoms with Crippen LogP contribution in [0.15, 0.2) is 134 Å². The Kier molecular flexibility index (Phi) is 10.8. The summed E-state index contributed by atoms with van der Waals surface area (Å²) in [6.45, 7) is 0.705. The van der Waals surface area contributed by atoms with Crippen LogP contribution in [0.2, 0.25) is 0 Å². The summed E-state index contributed by atoms with van der Waals surface area (Å²) in [5, 5.41) is 0. The highest BCUT2D eigenvalue weighted by atomic mass is 16.5. The fraction of sp³-hybridized carbons (Fsp3) is 0.171. The molecule has 5 rings (SSSR count). The first-order chi connectivity index (χ1) is 20.9. The number of H-pyrrole nitrogens is 1. The molecule has 0 fully saturated rings. The Hall–Kier alpha value is -5.21. The smallest absolute Gasteiger partial charge is 0.323 e. The number of urea groups is 1. The van der Waals surface area contributed by atoms with Gasteiger partial charge in [-0.3, -0.25) is 4.79 Å². The number of ether oxygens (including phenoxy) is 1. The number of hydrogen-bond acceptors (Lipinski definition) is 5. The molecular weight excluding hydrogens is 538 g/mol. The van der Waals surface area contributed by atoms with Crippen LogP contribution in [-0.2, 0) is 27.9 Å². The van der Waals surface area contributed by atoms with Gasteiger partial charge in [-0.05, 0) is 22.3 Å². The number of nitrogens with two attached hydrogens (primary N) is 2. The van der Waals surface area contributed by atoms with Crippen molar-refractivity contribution in [1.82, 2.24) is 14.9 Å². The molecule has 0 aliphatic rings. The Morgan fingerprint density at radius 2 is 1.28 bits per heavy atom. The Bertz CT molecular complexity index is 1430. The predicted octanol–water partition coefficient (Wildman–Crippen LogP) is 5.05. The van der Waals surface area contributed by atoms with Crippen LogP contribution in [0.4, 0.5) is 4.79 Å². The van der Waals surface area contributed by atoms with Gasteiger partial charge in [-0.2, -0.15) is 0 Å². The van der Waals surface area contributed by atoms with Gasteiger partial charge in [-0.1, -0.05) is 121 Å². The summed E-state index contributed by atoms with van der Waals surface area (Å²) in [5.41, 5.74) is 15.6. The summed E-state index contributed by atoms with van der Waals surface area (Å²) >= 11 is 0. The van der Waals surface area contributed by atoms with Crippen molar-refractivity contribution in [2.45, 2.75) is 24.4 Å². The van der Waals surface area contributed by atoms with Crippen LogP contribution < -0.4 is 11.5 Å². The molecule has 1 atom stereocenters. The van der Waals surface area contributed by atoms with Gasteiger partial charge in [-0.25, -0.2) is 9.78 Å². The molecule has 43 heavy (non-hydrogen) atoms. The molecule has 1 heterocycles. The van der Waals surface area contributed by atoms with Crippen LogP contribution in [0.5, 0.6) is 0 Å². The Morgan fingerprint density at radius 3 is 1.70 bits per heavy atom. The van der Waals surface area contributed by atoms with Crippen molar-refractivity contribution in [3.05, 3.63) is 162 Å². The number of hydrogen-bond donors (Lipinski definition) is 3. The van der Waals surface area contributed by atoms with E-state index < -0.39 is 23.5 Å². The average Bonchev–Trinajstić information content (AvgIpc) is 3.57. The minimum Gasteiger partial charge on any atom is -0.463 e. The number of carbonyl (C=O) groups excluding carboxylic acids is 2. The minimum atomic E-state index is -0.777. The van der Waals surface area contributed by atoms with E-state index in [1.165, 1.54) is 4.90 Å². The van der Waals surface area contributed by atoms with Gasteiger partial charge >= 0.3 is 12.0 Å². The van der Waals surface area contributed by atoms with E-state index in [0.29, 0.717) is 13.0 Å². The summed E-state index contributed by atoms with van der Waals surface area (Å²) in [7, 11) is 1.68. The van der Waals surface area contributed by atoms with Crippen LogP contribution in [0.1, 0.15) is 27.9 Å². The molecule has 220 valence electrons. The van der Waals surface area contributed by atoms with Crippen molar-refractivity contribution in [2.24, 2.45) is 11.5 Å². The fourth-order valence-corrected chi connectivity index (χ4v) is 4.86. The summed E-state index contributed by atoms with van der Waals surface area (Å²) in [5.74, 6) is -0.443. The number of esters is 1. The highest BCUT2D eigenvalue weighted by Crippen LogP contribution is 2.39. The number of amides is 2. The lowest BCUT2D eigenvalue weighted by atomic mass is 9.70. The van der Waals surface area contributed by atoms with Crippen molar-refractivity contribution in [1.29, 1.82) is 0 Å². The molecule has 0 unspecified atom stereocenters. The maximum Gasteiger partial charge on any atom is 0.323 e. The minimum absolute atomic E-state index is 0.139. The number of aromatic nitrogens is 2. The van der Waals surface area contributed by atoms with Crippen molar-refractivity contribution in [2.75, 3.05) is 13.7 Å². The van der Waals surface area contributed by atoms with Gasteiger partial charge in [0.15, 0.2) is 0 Å². The monoisotopic (exact) mass is 575 g/mol. The number of primary amides is 1. The molecule has 0 radical (unpaired) electrons. The largest absolute Gasteiger partial charge is 0.463 e. The summed E-state index contributed by atoms with van der Waals surface area (Å²) < 4.78 is 5.88. The van der Waals surface area contributed by atoms with Gasteiger partial charge in [0, 0.05) is 31.9 Å². The second-order valence-electron chi connectivity index (χ2n) is 10.2. The topological polar surface area (TPSA) is 127 Å². The second kappa shape index (κ2) is 15.1. The first-order valence-electron chi connectivity index (χ1n) is 14.0. The number of benzene rings is 4. The molecule has 0 spiro atoms. The van der Waals surface area contributed by atoms with Crippen molar-refractivity contribution >= 4 is 12.0 Å². The summed E-state index contributed by atoms with van der Waals surface area (Å²) in [6.07, 6.45) is 3.57. The zero-order valence-electron chi connectivity index (χ0n) is 24.2. The van der Waals surface area contributed by atoms with E-state index in [4.69, 9.17) is 16.2 Å². The van der Waals surface area contributed by atoms with Crippen LogP contribution >= 0.6 is 0 Å². The van der Waals surface area contributed by atoms with Crippen molar-refractivity contribution < 1.29 is 14.3 Å². The first kappa shape index (κ1) is 30.7. The zero-order chi connectivity index (χ0) is 30.5. The lowest BCUT2D eigenvalue weighted by molar-refractivity contribution is -0.146. The molecular formula is C35H37N5O3. The summed E-state index contributed by atoms with van der Waals surface area (Å²) in [4.78, 5) is 31.9. The van der Waals surface area contributed by atoms with E-state index >= 15 is 0 Å². The van der Waals surface area contributed by atoms with E-state index in [9.17, 15) is 9.59 Å². The van der Waals surface area contributed by atoms with Crippen molar-refractivity contribution in [3.8, 4) is 0 Å². The molecule has 1 aromatic heterocycles. The fourth-order valence-electron chi connectivity index (χ4n) is 4.86. The normalized spacial score (nSPS) is 11.5. The second-order valence-corrected chi connectivity index (χ2v) is 10.2. The molecule has 5 aromatic rings. The first-order valence-corrected chi connectivity index (χ1v) is 14.0. The number of imidazole rings is 1. The third kappa shape index (κ3) is 8.18. The maximum absolute atomic E-state index is 12.8. The van der Waals surface area contributed by atoms with E-state index in [2.05, 4.69) is 46.4 Å². The van der Waals surface area contributed by atoms with Crippen LogP contribution in [0.25, 0.3) is 0 Å². The molecule has 0 aliphatic heterocycles. The Morgan fingerprint density at radius 1 is 0.814 bits per heavy atom. The number of aromatic amines is 1. The van der Waals surface area contributed by atoms with Crippen LogP contribution in [-0.4, -0.2) is 46.6 Å². The molecule has 8 heteroatoms. The number of nitrogens with one attached hydrogen (secondary N) is 1. The molecule has 0 saturated carbocycles. The van der Waals surface area contributed by atoms with E-state index in [0.717, 1.165) is 27.9 Å². The van der Waals surface area contributed by atoms with Crippen LogP contribution in [0.3, 0.4) is 0 Å². The Labute approximate surface area is 252 Å². The van der Waals surface area contributed by atoms with E-state index in [1.807, 2.05) is 84.9 Å². The molecule has 4 aromatic carbocycles. The predicted molar refractivity (Wildman–Crippen MR) is 168 cm³/mol. The quantitative estimate of drug-likeness (QED) is 0.159. The molecule has 2 amide bonds. The standard InChI is InChI=1S/C26H25N3O2.C9H12N2O/c27-24(16-23-17-28-19-29-23)25(30)31-18-26(20-10-4-1-5-11-20,21-12-6-2-7-13-21)22-14-8-3-9-15-22;1-11(9(10)12)7-8-5-3-2-4-6-8/h1-15,17,19,24H,16,18,27H2,(H,28,29);2-6H,7H2,1H3,(H2,10,12)/t24-;/m0./s1. The van der Waals surface area contributed by atoms with Crippen LogP contribution in [0, 0.1) is 0 Å². The van der Waals surface area contributed by atoms with Gasteiger partial charge < -0.3 is 26.1 Å². The van der Waals surface area contributed by atoms with Gasteiger partial charge in [0.2, 0.25) is 0 Å². The lowest BCUT2D eigenvalue weighted by Crippen LogP contribution is -2.40. The number of nitrogens with zero attached hydrogens (tertiary/aromatic N) is 2. The van der Waals surface area contributed by atoms with Gasteiger partial charge in [0.1, 0.15) is 12.6 Å². The van der Waals surface area contributed by atoms with E-state index in [1.54, 1.807) is 19.6 Å². The third-order valence-corrected chi connectivity index (χ3v) is 7.17. The molecule has 0 aliphatic carbocycles. The highest BCUT2D eigenvalue weighted by Gasteiger charge is 2.38. The van der Waals surface area contributed by atoms with Gasteiger partial charge in [-0.15, -0.1) is 0 Å². The van der Waals surface area contributed by atoms with Gasteiger partial charge in [0.05, 0.1) is 11.7 Å². The van der Waals surface area contributed by atoms with Crippen molar-refractivity contribution in [3.63, 3.8) is 0 Å². The lowest BCUT2D eigenvalue weighted by Gasteiger charge is -2.35. The molecule has 5 N–H and O–H groups in total. The highest BCUT2D eigenvalue weighted by molar-refractivity contribution is 5.76. The SMILES string of the molecule is CN(Cc1ccccc1)C(N)=O.N[C@@H](Cc1cnc[nH]1)C(=O)OCC(c1ccccc1)(c1ccccc1)c1ccccc1. The molecule has 0 bridgehead atoms. The number of rotatable bonds is 10. The maximum atomic E-state index is 12.8. The van der Waals surface area contributed by atoms with Gasteiger partial charge in [0.25, 0.3) is 0 Å². The third-order valence-electron chi connectivity index (χ3n) is 7.17. The van der Waals surface area contributed by atoms with E-state index in [-0.39, 0.29) is 6.61 Å². The summed E-state index contributed by atoms with van der Waals surface area (Å²) in [6, 6.07) is 38.9. The Balaban J connectivity index is 0.000000296. The molecule has 8 nitrogen and oxygen atoms in total.